The molecule has 0 aliphatic heterocycles. The number of nitrogens with two attached hydrogens (primary N) is 1. The van der Waals surface area contributed by atoms with Gasteiger partial charge in [0.25, 0.3) is 0 Å². The van der Waals surface area contributed by atoms with Crippen LogP contribution in [0.4, 0.5) is 5.69 Å². The summed E-state index contributed by atoms with van der Waals surface area (Å²) in [5.74, 6) is -0.681. The maximum atomic E-state index is 11.0. The van der Waals surface area contributed by atoms with Crippen molar-refractivity contribution < 1.29 is 14.6 Å². The van der Waals surface area contributed by atoms with Crippen LogP contribution in [0.5, 0.6) is 5.75 Å². The van der Waals surface area contributed by atoms with Gasteiger partial charge in [-0.3, -0.25) is 4.68 Å². The van der Waals surface area contributed by atoms with E-state index in [1.54, 1.807) is 17.8 Å². The Kier molecular flexibility index (Phi) is 3.85. The largest absolute Gasteiger partial charge is 0.489 e. The van der Waals surface area contributed by atoms with Crippen molar-refractivity contribution in [3.63, 3.8) is 0 Å². The monoisotopic (exact) mass is 295 g/mol. The molecule has 0 bridgehead atoms. The van der Waals surface area contributed by atoms with Crippen LogP contribution < -0.4 is 10.5 Å². The maximum absolute atomic E-state index is 11.0. The molecule has 1 aromatic heterocycles. The number of anilines is 1. The number of hydrogen-bond acceptors (Lipinski definition) is 4. The van der Waals surface area contributed by atoms with Crippen LogP contribution in [0.3, 0.4) is 0 Å². The number of hydrogen-bond donors (Lipinski definition) is 2. The zero-order chi connectivity index (χ0) is 14.9. The number of carboxylic acid groups (broad SMARTS) is 1. The summed E-state index contributed by atoms with van der Waals surface area (Å²) >= 11 is 6.09. The number of aromatic carboxylic acids is 1. The molecule has 0 aliphatic rings. The van der Waals surface area contributed by atoms with Crippen molar-refractivity contribution in [2.75, 3.05) is 5.73 Å². The predicted molar refractivity (Wildman–Crippen MR) is 75.1 cm³/mol. The van der Waals surface area contributed by atoms with E-state index in [0.29, 0.717) is 10.9 Å². The van der Waals surface area contributed by atoms with E-state index >= 15 is 0 Å². The van der Waals surface area contributed by atoms with Crippen LogP contribution >= 0.6 is 11.6 Å². The molecule has 0 atom stereocenters. The van der Waals surface area contributed by atoms with Crippen molar-refractivity contribution in [2.24, 2.45) is 7.05 Å². The normalized spacial score (nSPS) is 10.6. The molecule has 0 saturated heterocycles. The number of nitrogen functional groups attached to an aromatic ring is 1. The second-order valence-electron chi connectivity index (χ2n) is 4.32. The van der Waals surface area contributed by atoms with Gasteiger partial charge in [0.1, 0.15) is 17.5 Å². The molecule has 6 nitrogen and oxygen atoms in total. The number of carbonyl (C=O) groups is 1. The second-order valence-corrected chi connectivity index (χ2v) is 4.68. The molecule has 0 radical (unpaired) electrons. The fraction of sp³-hybridized carbons (Fsp3) is 0.231. The van der Waals surface area contributed by atoms with Gasteiger partial charge < -0.3 is 15.6 Å². The van der Waals surface area contributed by atoms with E-state index in [4.69, 9.17) is 27.2 Å². The topological polar surface area (TPSA) is 90.4 Å². The summed E-state index contributed by atoms with van der Waals surface area (Å²) in [7, 11) is 1.74. The summed E-state index contributed by atoms with van der Waals surface area (Å²) in [4.78, 5) is 11.0. The van der Waals surface area contributed by atoms with Gasteiger partial charge in [0, 0.05) is 18.3 Å². The number of aromatic nitrogens is 2. The first-order valence-corrected chi connectivity index (χ1v) is 6.21. The zero-order valence-corrected chi connectivity index (χ0v) is 11.8. The van der Waals surface area contributed by atoms with E-state index in [1.165, 1.54) is 12.1 Å². The number of ether oxygens (including phenoxy) is 1. The van der Waals surface area contributed by atoms with Gasteiger partial charge in [-0.15, -0.1) is 0 Å². The molecule has 0 aliphatic carbocycles. The molecule has 106 valence electrons. The molecule has 0 saturated carbocycles. The molecule has 2 aromatic rings. The summed E-state index contributed by atoms with van der Waals surface area (Å²) < 4.78 is 7.11. The van der Waals surface area contributed by atoms with E-state index in [9.17, 15) is 4.79 Å². The minimum absolute atomic E-state index is 0.0107. The summed E-state index contributed by atoms with van der Waals surface area (Å²) in [6.07, 6.45) is 0. The van der Waals surface area contributed by atoms with E-state index < -0.39 is 5.97 Å². The second kappa shape index (κ2) is 5.42. The lowest BCUT2D eigenvalue weighted by Gasteiger charge is -2.08. The molecule has 0 fully saturated rings. The average molecular weight is 296 g/mol. The van der Waals surface area contributed by atoms with Crippen molar-refractivity contribution in [2.45, 2.75) is 13.5 Å². The molecular formula is C13H14ClN3O3. The highest BCUT2D eigenvalue weighted by molar-refractivity contribution is 6.30. The Labute approximate surface area is 120 Å². The Morgan fingerprint density at radius 3 is 2.80 bits per heavy atom. The lowest BCUT2D eigenvalue weighted by atomic mass is 10.2. The van der Waals surface area contributed by atoms with Crippen LogP contribution in [-0.4, -0.2) is 20.9 Å². The van der Waals surface area contributed by atoms with Gasteiger partial charge in [0.2, 0.25) is 0 Å². The first-order chi connectivity index (χ1) is 9.40. The summed E-state index contributed by atoms with van der Waals surface area (Å²) in [5.41, 5.74) is 7.32. The van der Waals surface area contributed by atoms with Crippen molar-refractivity contribution >= 4 is 23.3 Å². The van der Waals surface area contributed by atoms with E-state index in [2.05, 4.69) is 5.10 Å². The van der Waals surface area contributed by atoms with Gasteiger partial charge in [-0.1, -0.05) is 11.6 Å². The van der Waals surface area contributed by atoms with Gasteiger partial charge in [-0.25, -0.2) is 4.79 Å². The van der Waals surface area contributed by atoms with Crippen LogP contribution in [0.2, 0.25) is 5.15 Å². The highest BCUT2D eigenvalue weighted by Crippen LogP contribution is 2.23. The third-order valence-corrected chi connectivity index (χ3v) is 3.38. The van der Waals surface area contributed by atoms with Gasteiger partial charge in [0.15, 0.2) is 0 Å². The van der Waals surface area contributed by atoms with Gasteiger partial charge in [0.05, 0.1) is 11.3 Å². The minimum Gasteiger partial charge on any atom is -0.489 e. The molecule has 2 rings (SSSR count). The standard InChI is InChI=1S/C13H14ClN3O3/c1-7-10(12(14)17(2)16-7)6-20-8-3-4-11(15)9(5-8)13(18)19/h3-5H,6,15H2,1-2H3,(H,18,19). The first-order valence-electron chi connectivity index (χ1n) is 5.83. The number of aryl methyl sites for hydroxylation is 2. The van der Waals surface area contributed by atoms with E-state index in [1.807, 2.05) is 6.92 Å². The van der Waals surface area contributed by atoms with Crippen LogP contribution in [0.25, 0.3) is 0 Å². The SMILES string of the molecule is Cc1nn(C)c(Cl)c1COc1ccc(N)c(C(=O)O)c1. The first kappa shape index (κ1) is 14.2. The number of benzene rings is 1. The average Bonchev–Trinajstić information content (AvgIpc) is 2.62. The molecule has 7 heteroatoms. The van der Waals surface area contributed by atoms with Gasteiger partial charge in [-0.2, -0.15) is 5.10 Å². The van der Waals surface area contributed by atoms with Crippen molar-refractivity contribution in [1.29, 1.82) is 0 Å². The van der Waals surface area contributed by atoms with E-state index in [-0.39, 0.29) is 17.9 Å². The Hall–Kier alpha value is -2.21. The molecule has 0 unspecified atom stereocenters. The van der Waals surface area contributed by atoms with Crippen molar-refractivity contribution in [3.8, 4) is 5.75 Å². The number of carboxylic acids is 1. The highest BCUT2D eigenvalue weighted by atomic mass is 35.5. The molecule has 0 amide bonds. The Balaban J connectivity index is 2.19. The Morgan fingerprint density at radius 1 is 1.55 bits per heavy atom. The summed E-state index contributed by atoms with van der Waals surface area (Å²) in [6.45, 7) is 2.04. The third kappa shape index (κ3) is 2.70. The smallest absolute Gasteiger partial charge is 0.337 e. The highest BCUT2D eigenvalue weighted by Gasteiger charge is 2.13. The van der Waals surface area contributed by atoms with Crippen molar-refractivity contribution in [3.05, 3.63) is 40.2 Å². The third-order valence-electron chi connectivity index (χ3n) is 2.91. The minimum atomic E-state index is -1.09. The Bertz CT molecular complexity index is 667. The summed E-state index contributed by atoms with van der Waals surface area (Å²) in [6, 6.07) is 4.50. The van der Waals surface area contributed by atoms with Gasteiger partial charge in [-0.05, 0) is 25.1 Å². The Morgan fingerprint density at radius 2 is 2.25 bits per heavy atom. The van der Waals surface area contributed by atoms with Crippen molar-refractivity contribution in [1.82, 2.24) is 9.78 Å². The molecular weight excluding hydrogens is 282 g/mol. The van der Waals surface area contributed by atoms with E-state index in [0.717, 1.165) is 11.3 Å². The van der Waals surface area contributed by atoms with Gasteiger partial charge >= 0.3 is 5.97 Å². The van der Waals surface area contributed by atoms with Crippen LogP contribution in [-0.2, 0) is 13.7 Å². The molecule has 1 heterocycles. The number of halogens is 1. The number of nitrogens with zero attached hydrogens (tertiary/aromatic N) is 2. The molecule has 1 aromatic carbocycles. The van der Waals surface area contributed by atoms with Crippen LogP contribution in [0.15, 0.2) is 18.2 Å². The zero-order valence-electron chi connectivity index (χ0n) is 11.1. The summed E-state index contributed by atoms with van der Waals surface area (Å²) in [5, 5.41) is 13.7. The van der Waals surface area contributed by atoms with Crippen LogP contribution in [0.1, 0.15) is 21.6 Å². The quantitative estimate of drug-likeness (QED) is 0.844. The predicted octanol–water partition coefficient (Wildman–Crippen LogP) is 2.24. The molecule has 3 N–H and O–H groups in total. The fourth-order valence-electron chi connectivity index (χ4n) is 1.80. The number of rotatable bonds is 4. The molecule has 0 spiro atoms. The molecule has 20 heavy (non-hydrogen) atoms. The lowest BCUT2D eigenvalue weighted by Crippen LogP contribution is -2.04. The fourth-order valence-corrected chi connectivity index (χ4v) is 2.03. The van der Waals surface area contributed by atoms with Crippen LogP contribution in [0, 0.1) is 6.92 Å². The lowest BCUT2D eigenvalue weighted by molar-refractivity contribution is 0.0697. The maximum Gasteiger partial charge on any atom is 0.337 e.